The number of hydrogen-bond acceptors (Lipinski definition) is 8. The molecule has 1 aromatic rings. The molecule has 2 heterocycles. The average Bonchev–Trinajstić information content (AvgIpc) is 3.04. The van der Waals surface area contributed by atoms with Gasteiger partial charge in [0.25, 0.3) is 6.43 Å². The summed E-state index contributed by atoms with van der Waals surface area (Å²) in [5.74, 6) is -4.24. The van der Waals surface area contributed by atoms with Crippen LogP contribution in [0, 0.1) is 11.6 Å². The Morgan fingerprint density at radius 3 is 2.33 bits per heavy atom. The lowest BCUT2D eigenvalue weighted by atomic mass is 10.1. The molecule has 0 N–H and O–H groups in total. The van der Waals surface area contributed by atoms with Crippen LogP contribution in [-0.4, -0.2) is 79.7 Å². The zero-order valence-electron chi connectivity index (χ0n) is 21.9. The predicted molar refractivity (Wildman–Crippen MR) is 129 cm³/mol. The number of benzene rings is 1. The topological polar surface area (TPSA) is 106 Å². The zero-order valence-corrected chi connectivity index (χ0v) is 21.9. The zero-order chi connectivity index (χ0) is 28.9. The molecule has 39 heavy (non-hydrogen) atoms. The number of anilines is 2. The summed E-state index contributed by atoms with van der Waals surface area (Å²) in [4.78, 5) is 55.5. The van der Waals surface area contributed by atoms with E-state index in [4.69, 9.17) is 14.3 Å². The van der Waals surface area contributed by atoms with Crippen molar-refractivity contribution in [2.75, 3.05) is 42.6 Å². The summed E-state index contributed by atoms with van der Waals surface area (Å²) in [5.41, 5.74) is -1.19. The molecule has 10 nitrogen and oxygen atoms in total. The molecule has 0 aromatic heterocycles. The van der Waals surface area contributed by atoms with Gasteiger partial charge in [0.2, 0.25) is 5.91 Å². The fourth-order valence-corrected chi connectivity index (χ4v) is 4.10. The molecule has 2 aliphatic heterocycles. The number of hydrogen-bond donors (Lipinski definition) is 0. The van der Waals surface area contributed by atoms with Crippen LogP contribution < -0.4 is 9.80 Å². The van der Waals surface area contributed by atoms with E-state index >= 15 is 8.78 Å². The molecule has 0 aliphatic carbocycles. The van der Waals surface area contributed by atoms with E-state index < -0.39 is 59.9 Å². The van der Waals surface area contributed by atoms with Crippen LogP contribution in [0.25, 0.3) is 0 Å². The summed E-state index contributed by atoms with van der Waals surface area (Å²) in [7, 11) is 0. The van der Waals surface area contributed by atoms with Crippen LogP contribution in [0.4, 0.5) is 33.7 Å². The van der Waals surface area contributed by atoms with Crippen LogP contribution in [-0.2, 0) is 28.7 Å². The molecule has 1 aromatic carbocycles. The molecule has 0 saturated carbocycles. The van der Waals surface area contributed by atoms with Gasteiger partial charge in [-0.3, -0.25) is 24.1 Å². The molecular formula is C25H31F4N3O7. The van der Waals surface area contributed by atoms with Gasteiger partial charge in [0.15, 0.2) is 17.4 Å². The minimum Gasteiger partial charge on any atom is -0.460 e. The highest BCUT2D eigenvalue weighted by molar-refractivity contribution is 5.90. The van der Waals surface area contributed by atoms with Crippen molar-refractivity contribution in [1.82, 2.24) is 5.06 Å². The first-order valence-corrected chi connectivity index (χ1v) is 12.4. The van der Waals surface area contributed by atoms with E-state index in [2.05, 4.69) is 0 Å². The highest BCUT2D eigenvalue weighted by Crippen LogP contribution is 2.32. The lowest BCUT2D eigenvalue weighted by Crippen LogP contribution is -2.35. The second-order valence-corrected chi connectivity index (χ2v) is 10.1. The number of halogens is 4. The van der Waals surface area contributed by atoms with Crippen molar-refractivity contribution < 1.29 is 51.1 Å². The third-order valence-electron chi connectivity index (χ3n) is 5.88. The van der Waals surface area contributed by atoms with E-state index in [0.29, 0.717) is 0 Å². The Morgan fingerprint density at radius 1 is 1.05 bits per heavy atom. The molecule has 0 radical (unpaired) electrons. The number of alkyl halides is 2. The lowest BCUT2D eigenvalue weighted by molar-refractivity contribution is -0.183. The molecule has 0 unspecified atom stereocenters. The normalized spacial score (nSPS) is 18.3. The van der Waals surface area contributed by atoms with Crippen LogP contribution in [0.3, 0.4) is 0 Å². The molecule has 0 spiro atoms. The molecular weight excluding hydrogens is 530 g/mol. The monoisotopic (exact) mass is 561 g/mol. The summed E-state index contributed by atoms with van der Waals surface area (Å²) in [5, 5.41) is 1.05. The fourth-order valence-electron chi connectivity index (χ4n) is 4.10. The van der Waals surface area contributed by atoms with Gasteiger partial charge in [-0.15, -0.1) is 0 Å². The first-order valence-electron chi connectivity index (χ1n) is 12.4. The first-order chi connectivity index (χ1) is 18.2. The van der Waals surface area contributed by atoms with E-state index in [1.54, 1.807) is 20.8 Å². The number of cyclic esters (lactones) is 1. The minimum absolute atomic E-state index is 0.0226. The van der Waals surface area contributed by atoms with Gasteiger partial charge in [0.1, 0.15) is 17.4 Å². The van der Waals surface area contributed by atoms with Gasteiger partial charge in [-0.25, -0.2) is 27.4 Å². The summed E-state index contributed by atoms with van der Waals surface area (Å²) in [6, 6.07) is 1.89. The van der Waals surface area contributed by atoms with Crippen LogP contribution in [0.15, 0.2) is 12.1 Å². The van der Waals surface area contributed by atoms with Crippen molar-refractivity contribution in [2.24, 2.45) is 0 Å². The van der Waals surface area contributed by atoms with Gasteiger partial charge in [0.05, 0.1) is 31.8 Å². The molecule has 2 fully saturated rings. The highest BCUT2D eigenvalue weighted by atomic mass is 19.3. The van der Waals surface area contributed by atoms with Crippen LogP contribution in [0.1, 0.15) is 46.5 Å². The quantitative estimate of drug-likeness (QED) is 0.333. The number of ether oxygens (including phenoxy) is 2. The summed E-state index contributed by atoms with van der Waals surface area (Å²) < 4.78 is 65.2. The standard InChI is InChI=1S/C25H31F4N3O7/c1-25(2,3)39-21(35)7-6-20(34)32-9-8-30(10-11-37-32)22-17(26)12-15(13-18(22)27)31-14-16(38-24(31)36)4-5-19(33)23(28)29/h12-13,16,23H,4-11,14H2,1-3H3/t16-/m0/s1. The van der Waals surface area contributed by atoms with Gasteiger partial charge >= 0.3 is 12.1 Å². The molecule has 2 amide bonds. The summed E-state index contributed by atoms with van der Waals surface area (Å²) in [6.45, 7) is 4.96. The smallest absolute Gasteiger partial charge is 0.414 e. The highest BCUT2D eigenvalue weighted by Gasteiger charge is 2.34. The van der Waals surface area contributed by atoms with Crippen molar-refractivity contribution >= 4 is 35.1 Å². The van der Waals surface area contributed by atoms with Crippen LogP contribution >= 0.6 is 0 Å². The average molecular weight is 562 g/mol. The van der Waals surface area contributed by atoms with Gasteiger partial charge in [-0.1, -0.05) is 0 Å². The number of ketones is 1. The van der Waals surface area contributed by atoms with Crippen LogP contribution in [0.2, 0.25) is 0 Å². The lowest BCUT2D eigenvalue weighted by Gasteiger charge is -2.24. The fraction of sp³-hybridized carbons (Fsp3) is 0.600. The number of rotatable bonds is 9. The summed E-state index contributed by atoms with van der Waals surface area (Å²) >= 11 is 0. The molecule has 0 bridgehead atoms. The maximum Gasteiger partial charge on any atom is 0.414 e. The van der Waals surface area contributed by atoms with Crippen molar-refractivity contribution in [3.8, 4) is 0 Å². The van der Waals surface area contributed by atoms with Gasteiger partial charge < -0.3 is 14.4 Å². The maximum atomic E-state index is 15.1. The Balaban J connectivity index is 1.60. The Hall–Kier alpha value is -3.42. The summed E-state index contributed by atoms with van der Waals surface area (Å²) in [6.07, 6.45) is -5.87. The Morgan fingerprint density at radius 2 is 1.72 bits per heavy atom. The number of amides is 2. The van der Waals surface area contributed by atoms with Crippen LogP contribution in [0.5, 0.6) is 0 Å². The van der Waals surface area contributed by atoms with E-state index in [-0.39, 0.29) is 63.4 Å². The second-order valence-electron chi connectivity index (χ2n) is 10.1. The Kier molecular flexibility index (Phi) is 9.75. The number of nitrogens with zero attached hydrogens (tertiary/aromatic N) is 3. The molecule has 216 valence electrons. The van der Waals surface area contributed by atoms with Crippen molar-refractivity contribution in [2.45, 2.75) is 64.6 Å². The molecule has 2 aliphatic rings. The van der Waals surface area contributed by atoms with Gasteiger partial charge in [-0.05, 0) is 27.2 Å². The van der Waals surface area contributed by atoms with Crippen molar-refractivity contribution in [1.29, 1.82) is 0 Å². The van der Waals surface area contributed by atoms with E-state index in [9.17, 15) is 28.0 Å². The third kappa shape index (κ3) is 8.28. The molecule has 3 rings (SSSR count). The predicted octanol–water partition coefficient (Wildman–Crippen LogP) is 3.61. The minimum atomic E-state index is -3.12. The number of hydroxylamine groups is 2. The largest absolute Gasteiger partial charge is 0.460 e. The Bertz CT molecular complexity index is 1070. The molecule has 14 heteroatoms. The number of carbonyl (C=O) groups is 4. The number of carbonyl (C=O) groups excluding carboxylic acids is 4. The van der Waals surface area contributed by atoms with E-state index in [0.717, 1.165) is 22.1 Å². The third-order valence-corrected chi connectivity index (χ3v) is 5.88. The van der Waals surface area contributed by atoms with E-state index in [1.807, 2.05) is 0 Å². The molecule has 1 atom stereocenters. The van der Waals surface area contributed by atoms with Gasteiger partial charge in [0, 0.05) is 38.1 Å². The maximum absolute atomic E-state index is 15.1. The van der Waals surface area contributed by atoms with Crippen molar-refractivity contribution in [3.63, 3.8) is 0 Å². The Labute approximate surface area is 222 Å². The van der Waals surface area contributed by atoms with E-state index in [1.165, 1.54) is 4.90 Å². The van der Waals surface area contributed by atoms with Crippen molar-refractivity contribution in [3.05, 3.63) is 23.8 Å². The first kappa shape index (κ1) is 30.1. The number of esters is 1. The SMILES string of the molecule is CC(C)(C)OC(=O)CCC(=O)N1CCN(c2c(F)cc(N3C[C@H](CCC(=O)C(F)F)OC3=O)cc2F)CCO1. The van der Waals surface area contributed by atoms with Gasteiger partial charge in [-0.2, -0.15) is 0 Å². The molecule has 2 saturated heterocycles. The second kappa shape index (κ2) is 12.6. The number of Topliss-reactive ketones (excluding diaryl/α,β-unsaturated/α-hetero) is 1.